The van der Waals surface area contributed by atoms with Gasteiger partial charge in [0.15, 0.2) is 5.67 Å². The molecule has 144 valence electrons. The first-order valence-electron chi connectivity index (χ1n) is 7.88. The molecule has 1 heterocycles. The molecular formula is C17H20F4N2O3. The quantitative estimate of drug-likeness (QED) is 0.764. The fourth-order valence-corrected chi connectivity index (χ4v) is 2.58. The Labute approximate surface area is 148 Å². The van der Waals surface area contributed by atoms with Crippen molar-refractivity contribution in [3.63, 3.8) is 0 Å². The van der Waals surface area contributed by atoms with Crippen molar-refractivity contribution in [2.24, 2.45) is 0 Å². The summed E-state index contributed by atoms with van der Waals surface area (Å²) in [5, 5.41) is 4.13. The van der Waals surface area contributed by atoms with Gasteiger partial charge in [-0.25, -0.2) is 22.4 Å². The third-order valence-corrected chi connectivity index (χ3v) is 3.69. The number of carbonyl (C=O) groups is 2. The summed E-state index contributed by atoms with van der Waals surface area (Å²) >= 11 is 0. The molecule has 9 heteroatoms. The van der Waals surface area contributed by atoms with E-state index in [1.807, 2.05) is 5.32 Å². The molecule has 2 atom stereocenters. The molecule has 1 aromatic carbocycles. The third kappa shape index (κ3) is 4.44. The topological polar surface area (TPSA) is 67.4 Å². The van der Waals surface area contributed by atoms with E-state index < -0.39 is 53.0 Å². The van der Waals surface area contributed by atoms with E-state index in [4.69, 9.17) is 4.74 Å². The van der Waals surface area contributed by atoms with E-state index in [1.165, 1.54) is 0 Å². The van der Waals surface area contributed by atoms with E-state index in [0.29, 0.717) is 0 Å². The summed E-state index contributed by atoms with van der Waals surface area (Å²) in [7, 11) is 0. The number of piperidine rings is 1. The molecule has 2 amide bonds. The predicted molar refractivity (Wildman–Crippen MR) is 86.2 cm³/mol. The minimum absolute atomic E-state index is 0.00529. The van der Waals surface area contributed by atoms with E-state index in [-0.39, 0.29) is 5.69 Å². The number of carbonyl (C=O) groups excluding carboxylic acids is 2. The first-order chi connectivity index (χ1) is 11.7. The van der Waals surface area contributed by atoms with Crippen molar-refractivity contribution in [3.8, 4) is 0 Å². The zero-order valence-corrected chi connectivity index (χ0v) is 14.8. The van der Waals surface area contributed by atoms with Crippen molar-refractivity contribution in [1.82, 2.24) is 5.32 Å². The molecule has 1 aliphatic heterocycles. The van der Waals surface area contributed by atoms with Gasteiger partial charge < -0.3 is 10.1 Å². The number of hydrogen-bond acceptors (Lipinski definition) is 3. The van der Waals surface area contributed by atoms with Gasteiger partial charge in [0.1, 0.15) is 17.5 Å². The molecule has 5 nitrogen and oxygen atoms in total. The second-order valence-corrected chi connectivity index (χ2v) is 7.40. The van der Waals surface area contributed by atoms with Crippen LogP contribution in [0.25, 0.3) is 0 Å². The van der Waals surface area contributed by atoms with Crippen molar-refractivity contribution < 1.29 is 31.9 Å². The normalized spacial score (nSPS) is 25.4. The highest BCUT2D eigenvalue weighted by atomic mass is 19.3. The van der Waals surface area contributed by atoms with Crippen LogP contribution in [0.15, 0.2) is 18.2 Å². The number of halogens is 4. The van der Waals surface area contributed by atoms with Gasteiger partial charge in [-0.05, 0) is 45.9 Å². The third-order valence-electron chi connectivity index (χ3n) is 3.69. The maximum atomic E-state index is 14.3. The lowest BCUT2D eigenvalue weighted by molar-refractivity contribution is -0.158. The number of hydrogen-bond donors (Lipinski definition) is 2. The molecule has 1 aliphatic rings. The Morgan fingerprint density at radius 3 is 2.50 bits per heavy atom. The van der Waals surface area contributed by atoms with Crippen molar-refractivity contribution >= 4 is 17.7 Å². The van der Waals surface area contributed by atoms with E-state index in [1.54, 1.807) is 20.8 Å². The monoisotopic (exact) mass is 376 g/mol. The van der Waals surface area contributed by atoms with Gasteiger partial charge in [-0.3, -0.25) is 10.1 Å². The minimum Gasteiger partial charge on any atom is -0.444 e. The molecular weight excluding hydrogens is 356 g/mol. The van der Waals surface area contributed by atoms with Crippen LogP contribution in [0.2, 0.25) is 0 Å². The number of rotatable bonds is 2. The molecule has 0 radical (unpaired) electrons. The summed E-state index contributed by atoms with van der Waals surface area (Å²) in [6.07, 6.45) is -2.23. The fourth-order valence-electron chi connectivity index (χ4n) is 2.58. The summed E-state index contributed by atoms with van der Waals surface area (Å²) in [5.74, 6) is -5.99. The Morgan fingerprint density at radius 1 is 1.31 bits per heavy atom. The number of nitrogens with one attached hydrogen (secondary N) is 2. The number of anilines is 1. The Bertz CT molecular complexity index is 729. The molecule has 0 bridgehead atoms. The van der Waals surface area contributed by atoms with Gasteiger partial charge in [0, 0.05) is 11.3 Å². The summed E-state index contributed by atoms with van der Waals surface area (Å²) in [4.78, 5) is 23.5. The Hall–Kier alpha value is -2.32. The van der Waals surface area contributed by atoms with Crippen molar-refractivity contribution in [3.05, 3.63) is 29.6 Å². The molecule has 0 saturated carbocycles. The summed E-state index contributed by atoms with van der Waals surface area (Å²) in [6.45, 7) is 5.64. The summed E-state index contributed by atoms with van der Waals surface area (Å²) in [5.41, 5.74) is -4.12. The van der Waals surface area contributed by atoms with Crippen LogP contribution in [0, 0.1) is 5.82 Å². The molecule has 26 heavy (non-hydrogen) atoms. The second kappa shape index (κ2) is 6.44. The average molecular weight is 376 g/mol. The van der Waals surface area contributed by atoms with Crippen molar-refractivity contribution in [2.75, 3.05) is 5.32 Å². The smallest absolute Gasteiger partial charge is 0.412 e. The number of alkyl halides is 3. The Balaban J connectivity index is 2.30. The van der Waals surface area contributed by atoms with Gasteiger partial charge in [0.2, 0.25) is 0 Å². The van der Waals surface area contributed by atoms with Gasteiger partial charge >= 0.3 is 6.09 Å². The van der Waals surface area contributed by atoms with Crippen LogP contribution in [0.3, 0.4) is 0 Å². The molecule has 0 aromatic heterocycles. The van der Waals surface area contributed by atoms with Crippen molar-refractivity contribution in [2.45, 2.75) is 57.3 Å². The molecule has 1 aromatic rings. The highest BCUT2D eigenvalue weighted by molar-refractivity contribution is 5.87. The first-order valence-corrected chi connectivity index (χ1v) is 7.88. The predicted octanol–water partition coefficient (Wildman–Crippen LogP) is 4.10. The van der Waals surface area contributed by atoms with E-state index in [9.17, 15) is 27.2 Å². The lowest BCUT2D eigenvalue weighted by Gasteiger charge is -2.38. The molecule has 1 saturated heterocycles. The van der Waals surface area contributed by atoms with Gasteiger partial charge in [0.05, 0.1) is 6.42 Å². The Kier molecular flexibility index (Phi) is 4.95. The van der Waals surface area contributed by atoms with Crippen molar-refractivity contribution in [1.29, 1.82) is 0 Å². The zero-order chi connectivity index (χ0) is 19.9. The lowest BCUT2D eigenvalue weighted by Crippen LogP contribution is -2.57. The van der Waals surface area contributed by atoms with E-state index in [2.05, 4.69) is 5.32 Å². The maximum Gasteiger partial charge on any atom is 0.412 e. The number of benzene rings is 1. The van der Waals surface area contributed by atoms with Gasteiger partial charge in [-0.1, -0.05) is 0 Å². The lowest BCUT2D eigenvalue weighted by atomic mass is 9.85. The second-order valence-electron chi connectivity index (χ2n) is 7.40. The maximum absolute atomic E-state index is 14.3. The van der Waals surface area contributed by atoms with Gasteiger partial charge in [-0.2, -0.15) is 0 Å². The van der Waals surface area contributed by atoms with Crippen LogP contribution in [-0.2, 0) is 9.53 Å². The van der Waals surface area contributed by atoms with Gasteiger partial charge in [0.25, 0.3) is 11.8 Å². The van der Waals surface area contributed by atoms with Crippen LogP contribution in [0.5, 0.6) is 0 Å². The first kappa shape index (κ1) is 20.0. The minimum atomic E-state index is -3.72. The highest BCUT2D eigenvalue weighted by Gasteiger charge is 2.56. The molecule has 2 unspecified atom stereocenters. The van der Waals surface area contributed by atoms with Gasteiger partial charge in [-0.15, -0.1) is 0 Å². The Morgan fingerprint density at radius 2 is 1.92 bits per heavy atom. The SMILES string of the molecule is CC(C)(C)OC(=O)Nc1ccc(F)c(C2NC(=O)C(C)(F)CC2(F)F)c1. The van der Waals surface area contributed by atoms with Crippen LogP contribution < -0.4 is 10.6 Å². The van der Waals surface area contributed by atoms with Crippen LogP contribution >= 0.6 is 0 Å². The number of ether oxygens (including phenoxy) is 1. The standard InChI is InChI=1S/C17H20F4N2O3/c1-15(2,3)26-14(25)22-9-5-6-11(18)10(7-9)12-17(20,21)8-16(4,19)13(24)23-12/h5-7,12H,8H2,1-4H3,(H,22,25)(H,23,24). The molecule has 2 rings (SSSR count). The summed E-state index contributed by atoms with van der Waals surface area (Å²) < 4.78 is 61.6. The number of amides is 2. The van der Waals surface area contributed by atoms with E-state index >= 15 is 0 Å². The molecule has 1 fully saturated rings. The van der Waals surface area contributed by atoms with Crippen LogP contribution in [0.1, 0.15) is 45.7 Å². The largest absolute Gasteiger partial charge is 0.444 e. The van der Waals surface area contributed by atoms with Crippen LogP contribution in [0.4, 0.5) is 28.0 Å². The molecule has 2 N–H and O–H groups in total. The average Bonchev–Trinajstić information content (AvgIpc) is 2.42. The van der Waals surface area contributed by atoms with Crippen LogP contribution in [-0.4, -0.2) is 29.2 Å². The highest BCUT2D eigenvalue weighted by Crippen LogP contribution is 2.44. The summed E-state index contributed by atoms with van der Waals surface area (Å²) in [6, 6.07) is 0.927. The fraction of sp³-hybridized carbons (Fsp3) is 0.529. The van der Waals surface area contributed by atoms with E-state index in [0.717, 1.165) is 25.1 Å². The molecule has 0 spiro atoms. The zero-order valence-electron chi connectivity index (χ0n) is 14.8. The molecule has 0 aliphatic carbocycles.